The molecule has 0 bridgehead atoms. The van der Waals surface area contributed by atoms with Gasteiger partial charge in [0.2, 0.25) is 5.91 Å². The van der Waals surface area contributed by atoms with Crippen LogP contribution in [0.15, 0.2) is 24.3 Å². The third-order valence-electron chi connectivity index (χ3n) is 3.71. The zero-order valence-corrected chi connectivity index (χ0v) is 12.7. The first-order valence-electron chi connectivity index (χ1n) is 7.40. The molecule has 1 amide bonds. The number of amides is 1. The SMILES string of the molecule is COCCOCc1cccc(NC(=O)C2NCCC2C)c1. The molecule has 5 heteroatoms. The predicted molar refractivity (Wildman–Crippen MR) is 82.2 cm³/mol. The summed E-state index contributed by atoms with van der Waals surface area (Å²) in [6, 6.07) is 7.67. The average Bonchev–Trinajstić information content (AvgIpc) is 2.90. The fourth-order valence-corrected chi connectivity index (χ4v) is 2.48. The molecule has 2 atom stereocenters. The largest absolute Gasteiger partial charge is 0.382 e. The van der Waals surface area contributed by atoms with Gasteiger partial charge in [-0.25, -0.2) is 0 Å². The number of ether oxygens (including phenoxy) is 2. The van der Waals surface area contributed by atoms with Crippen LogP contribution in [-0.4, -0.2) is 38.8 Å². The molecule has 1 saturated heterocycles. The van der Waals surface area contributed by atoms with Gasteiger partial charge in [0.25, 0.3) is 0 Å². The smallest absolute Gasteiger partial charge is 0.241 e. The van der Waals surface area contributed by atoms with E-state index in [0.29, 0.717) is 25.7 Å². The molecule has 0 radical (unpaired) electrons. The molecule has 0 aromatic heterocycles. The van der Waals surface area contributed by atoms with Crippen LogP contribution >= 0.6 is 0 Å². The maximum absolute atomic E-state index is 12.2. The van der Waals surface area contributed by atoms with E-state index in [1.807, 2.05) is 24.3 Å². The molecular formula is C16H24N2O3. The molecule has 116 valence electrons. The third-order valence-corrected chi connectivity index (χ3v) is 3.71. The van der Waals surface area contributed by atoms with E-state index >= 15 is 0 Å². The molecule has 2 unspecified atom stereocenters. The molecule has 1 aromatic rings. The Morgan fingerprint density at radius 2 is 2.29 bits per heavy atom. The lowest BCUT2D eigenvalue weighted by Gasteiger charge is -2.16. The Balaban J connectivity index is 1.86. The van der Waals surface area contributed by atoms with Crippen LogP contribution in [0.2, 0.25) is 0 Å². The van der Waals surface area contributed by atoms with Gasteiger partial charge in [-0.3, -0.25) is 4.79 Å². The van der Waals surface area contributed by atoms with Crippen molar-refractivity contribution in [2.45, 2.75) is 26.0 Å². The molecule has 0 spiro atoms. The highest BCUT2D eigenvalue weighted by atomic mass is 16.5. The molecule has 1 aromatic carbocycles. The van der Waals surface area contributed by atoms with Gasteiger partial charge < -0.3 is 20.1 Å². The lowest BCUT2D eigenvalue weighted by molar-refractivity contribution is -0.118. The lowest BCUT2D eigenvalue weighted by Crippen LogP contribution is -2.39. The van der Waals surface area contributed by atoms with Crippen molar-refractivity contribution in [3.8, 4) is 0 Å². The predicted octanol–water partition coefficient (Wildman–Crippen LogP) is 1.79. The number of rotatable bonds is 7. The van der Waals surface area contributed by atoms with E-state index < -0.39 is 0 Å². The van der Waals surface area contributed by atoms with Gasteiger partial charge in [-0.15, -0.1) is 0 Å². The van der Waals surface area contributed by atoms with E-state index in [4.69, 9.17) is 9.47 Å². The van der Waals surface area contributed by atoms with Gasteiger partial charge in [-0.2, -0.15) is 0 Å². The zero-order valence-electron chi connectivity index (χ0n) is 12.7. The Labute approximate surface area is 126 Å². The summed E-state index contributed by atoms with van der Waals surface area (Å²) in [5.41, 5.74) is 1.85. The summed E-state index contributed by atoms with van der Waals surface area (Å²) in [7, 11) is 1.65. The summed E-state index contributed by atoms with van der Waals surface area (Å²) < 4.78 is 10.4. The van der Waals surface area contributed by atoms with Crippen molar-refractivity contribution in [3.63, 3.8) is 0 Å². The second-order valence-electron chi connectivity index (χ2n) is 5.43. The van der Waals surface area contributed by atoms with E-state index in [1.54, 1.807) is 7.11 Å². The number of nitrogens with one attached hydrogen (secondary N) is 2. The van der Waals surface area contributed by atoms with Crippen molar-refractivity contribution < 1.29 is 14.3 Å². The zero-order chi connectivity index (χ0) is 15.1. The summed E-state index contributed by atoms with van der Waals surface area (Å²) in [5, 5.41) is 6.21. The highest BCUT2D eigenvalue weighted by Crippen LogP contribution is 2.17. The van der Waals surface area contributed by atoms with Crippen LogP contribution < -0.4 is 10.6 Å². The summed E-state index contributed by atoms with van der Waals surface area (Å²) in [4.78, 5) is 12.2. The topological polar surface area (TPSA) is 59.6 Å². The quantitative estimate of drug-likeness (QED) is 0.752. The Kier molecular flexibility index (Phi) is 6.17. The van der Waals surface area contributed by atoms with E-state index in [-0.39, 0.29) is 11.9 Å². The summed E-state index contributed by atoms with van der Waals surface area (Å²) in [6.45, 7) is 4.68. The molecule has 0 aliphatic carbocycles. The lowest BCUT2D eigenvalue weighted by atomic mass is 10.0. The maximum atomic E-state index is 12.2. The number of anilines is 1. The third kappa shape index (κ3) is 4.81. The number of benzene rings is 1. The van der Waals surface area contributed by atoms with Gasteiger partial charge in [-0.05, 0) is 36.6 Å². The van der Waals surface area contributed by atoms with Crippen molar-refractivity contribution in [2.75, 3.05) is 32.2 Å². The highest BCUT2D eigenvalue weighted by molar-refractivity contribution is 5.95. The highest BCUT2D eigenvalue weighted by Gasteiger charge is 2.29. The Morgan fingerprint density at radius 1 is 1.43 bits per heavy atom. The summed E-state index contributed by atoms with van der Waals surface area (Å²) >= 11 is 0. The molecule has 2 rings (SSSR count). The fraction of sp³-hybridized carbons (Fsp3) is 0.562. The van der Waals surface area contributed by atoms with Crippen LogP contribution in [0, 0.1) is 5.92 Å². The van der Waals surface area contributed by atoms with Gasteiger partial charge in [0.05, 0.1) is 25.9 Å². The van der Waals surface area contributed by atoms with E-state index in [9.17, 15) is 4.79 Å². The maximum Gasteiger partial charge on any atom is 0.241 e. The minimum Gasteiger partial charge on any atom is -0.382 e. The number of hydrogen-bond donors (Lipinski definition) is 2. The molecular weight excluding hydrogens is 268 g/mol. The van der Waals surface area contributed by atoms with Crippen LogP contribution in [0.25, 0.3) is 0 Å². The van der Waals surface area contributed by atoms with Crippen LogP contribution in [-0.2, 0) is 20.9 Å². The van der Waals surface area contributed by atoms with Crippen molar-refractivity contribution in [2.24, 2.45) is 5.92 Å². The van der Waals surface area contributed by atoms with Crippen LogP contribution in [0.3, 0.4) is 0 Å². The number of hydrogen-bond acceptors (Lipinski definition) is 4. The summed E-state index contributed by atoms with van der Waals surface area (Å²) in [6.07, 6.45) is 1.05. The van der Waals surface area contributed by atoms with Crippen molar-refractivity contribution in [1.82, 2.24) is 5.32 Å². The molecule has 0 saturated carbocycles. The van der Waals surface area contributed by atoms with Gasteiger partial charge >= 0.3 is 0 Å². The minimum absolute atomic E-state index is 0.0393. The molecule has 1 heterocycles. The molecule has 21 heavy (non-hydrogen) atoms. The van der Waals surface area contributed by atoms with Crippen LogP contribution in [0.5, 0.6) is 0 Å². The van der Waals surface area contributed by atoms with E-state index in [2.05, 4.69) is 17.6 Å². The van der Waals surface area contributed by atoms with Gasteiger partial charge in [0, 0.05) is 12.8 Å². The first-order chi connectivity index (χ1) is 10.2. The van der Waals surface area contributed by atoms with Crippen molar-refractivity contribution in [3.05, 3.63) is 29.8 Å². The van der Waals surface area contributed by atoms with E-state index in [1.165, 1.54) is 0 Å². The first-order valence-corrected chi connectivity index (χ1v) is 7.40. The first kappa shape index (κ1) is 15.9. The molecule has 2 N–H and O–H groups in total. The average molecular weight is 292 g/mol. The normalized spacial score (nSPS) is 21.4. The summed E-state index contributed by atoms with van der Waals surface area (Å²) in [5.74, 6) is 0.419. The Bertz CT molecular complexity index is 465. The fourth-order valence-electron chi connectivity index (χ4n) is 2.48. The van der Waals surface area contributed by atoms with Gasteiger partial charge in [0.1, 0.15) is 0 Å². The van der Waals surface area contributed by atoms with E-state index in [0.717, 1.165) is 24.2 Å². The van der Waals surface area contributed by atoms with Gasteiger partial charge in [-0.1, -0.05) is 19.1 Å². The number of carbonyl (C=O) groups is 1. The van der Waals surface area contributed by atoms with Crippen molar-refractivity contribution >= 4 is 11.6 Å². The van der Waals surface area contributed by atoms with Crippen LogP contribution in [0.1, 0.15) is 18.9 Å². The van der Waals surface area contributed by atoms with Crippen LogP contribution in [0.4, 0.5) is 5.69 Å². The Hall–Kier alpha value is -1.43. The molecule has 1 aliphatic rings. The van der Waals surface area contributed by atoms with Crippen molar-refractivity contribution in [1.29, 1.82) is 0 Å². The van der Waals surface area contributed by atoms with Gasteiger partial charge in [0.15, 0.2) is 0 Å². The minimum atomic E-state index is -0.0911. The molecule has 5 nitrogen and oxygen atoms in total. The number of carbonyl (C=O) groups excluding carboxylic acids is 1. The molecule has 1 fully saturated rings. The Morgan fingerprint density at radius 3 is 3.00 bits per heavy atom. The number of methoxy groups -OCH3 is 1. The monoisotopic (exact) mass is 292 g/mol. The standard InChI is InChI=1S/C16H24N2O3/c1-12-6-7-17-15(12)16(19)18-14-5-3-4-13(10-14)11-21-9-8-20-2/h3-5,10,12,15,17H,6-9,11H2,1-2H3,(H,18,19). The second kappa shape index (κ2) is 8.12. The second-order valence-corrected chi connectivity index (χ2v) is 5.43. The molecule has 1 aliphatic heterocycles.